The predicted molar refractivity (Wildman–Crippen MR) is 97.7 cm³/mol. The largest absolute Gasteiger partial charge is 0.493 e. The first-order valence-electron chi connectivity index (χ1n) is 8.57. The van der Waals surface area contributed by atoms with Crippen LogP contribution in [0.5, 0.6) is 11.5 Å². The van der Waals surface area contributed by atoms with Crippen LogP contribution in [0.4, 0.5) is 0 Å². The number of carboxylic acid groups (broad SMARTS) is 1. The number of hydrogen-bond donors (Lipinski definition) is 2. The van der Waals surface area contributed by atoms with Gasteiger partial charge in [-0.3, -0.25) is 4.79 Å². The summed E-state index contributed by atoms with van der Waals surface area (Å²) in [5.74, 6) is 2.32. The standard InChI is InChI=1S/C18H24N2O3.CH2O2/c1-12-10-15(17(23-3)16(11-12)22-2)18-19-8-9-20(18)13-4-6-14(21)7-5-13;2-1-3/h8-11,13-14,21H,4-7H2,1-3H3;1H,(H,2,3). The molecule has 1 aromatic carbocycles. The number of benzene rings is 1. The van der Waals surface area contributed by atoms with E-state index in [2.05, 4.69) is 15.6 Å². The van der Waals surface area contributed by atoms with Crippen molar-refractivity contribution in [2.24, 2.45) is 0 Å². The van der Waals surface area contributed by atoms with Gasteiger partial charge in [-0.05, 0) is 50.3 Å². The Kier molecular flexibility index (Phi) is 7.03. The van der Waals surface area contributed by atoms with Crippen molar-refractivity contribution in [3.8, 4) is 22.9 Å². The van der Waals surface area contributed by atoms with Gasteiger partial charge in [0, 0.05) is 18.4 Å². The van der Waals surface area contributed by atoms with Crippen LogP contribution in [0, 0.1) is 6.92 Å². The minimum atomic E-state index is -0.250. The van der Waals surface area contributed by atoms with E-state index in [1.807, 2.05) is 25.4 Å². The Labute approximate surface area is 153 Å². The van der Waals surface area contributed by atoms with E-state index >= 15 is 0 Å². The van der Waals surface area contributed by atoms with Crippen LogP contribution < -0.4 is 9.47 Å². The number of nitrogens with zero attached hydrogens (tertiary/aromatic N) is 2. The van der Waals surface area contributed by atoms with Gasteiger partial charge in [0.2, 0.25) is 0 Å². The molecule has 1 saturated carbocycles. The van der Waals surface area contributed by atoms with Gasteiger partial charge in [0.05, 0.1) is 25.9 Å². The molecule has 1 aliphatic carbocycles. The Hall–Kier alpha value is -2.54. The molecule has 0 aliphatic heterocycles. The molecule has 0 amide bonds. The Morgan fingerprint density at radius 1 is 1.19 bits per heavy atom. The summed E-state index contributed by atoms with van der Waals surface area (Å²) >= 11 is 0. The molecule has 1 fully saturated rings. The highest BCUT2D eigenvalue weighted by Gasteiger charge is 2.24. The number of imidazole rings is 1. The van der Waals surface area contributed by atoms with Gasteiger partial charge in [0.15, 0.2) is 11.5 Å². The number of rotatable bonds is 4. The predicted octanol–water partition coefficient (Wildman–Crippen LogP) is 3.05. The van der Waals surface area contributed by atoms with Gasteiger partial charge in [0.1, 0.15) is 5.82 Å². The van der Waals surface area contributed by atoms with E-state index < -0.39 is 0 Å². The van der Waals surface area contributed by atoms with Gasteiger partial charge in [-0.25, -0.2) is 4.98 Å². The molecule has 0 atom stereocenters. The van der Waals surface area contributed by atoms with E-state index in [1.54, 1.807) is 14.2 Å². The molecule has 1 heterocycles. The van der Waals surface area contributed by atoms with E-state index in [1.165, 1.54) is 0 Å². The van der Waals surface area contributed by atoms with Crippen molar-refractivity contribution in [3.63, 3.8) is 0 Å². The van der Waals surface area contributed by atoms with Crippen molar-refractivity contribution in [3.05, 3.63) is 30.1 Å². The summed E-state index contributed by atoms with van der Waals surface area (Å²) in [4.78, 5) is 12.9. The maximum absolute atomic E-state index is 9.74. The zero-order valence-electron chi connectivity index (χ0n) is 15.4. The van der Waals surface area contributed by atoms with Crippen LogP contribution in [-0.2, 0) is 4.79 Å². The van der Waals surface area contributed by atoms with Crippen LogP contribution >= 0.6 is 0 Å². The van der Waals surface area contributed by atoms with Crippen molar-refractivity contribution in [2.75, 3.05) is 14.2 Å². The number of aryl methyl sites for hydroxylation is 1. The Morgan fingerprint density at radius 3 is 2.42 bits per heavy atom. The fourth-order valence-electron chi connectivity index (χ4n) is 3.42. The third kappa shape index (κ3) is 4.35. The smallest absolute Gasteiger partial charge is 0.290 e. The van der Waals surface area contributed by atoms with Gasteiger partial charge in [-0.1, -0.05) is 0 Å². The SMILES string of the molecule is COc1cc(C)cc(-c2nccn2C2CCC(O)CC2)c1OC.O=CO. The average molecular weight is 362 g/mol. The third-order valence-corrected chi connectivity index (χ3v) is 4.59. The maximum atomic E-state index is 9.74. The van der Waals surface area contributed by atoms with E-state index in [0.717, 1.165) is 48.4 Å². The summed E-state index contributed by atoms with van der Waals surface area (Å²) in [7, 11) is 3.30. The quantitative estimate of drug-likeness (QED) is 0.812. The summed E-state index contributed by atoms with van der Waals surface area (Å²) in [5.41, 5.74) is 2.05. The molecule has 0 unspecified atom stereocenters. The summed E-state index contributed by atoms with van der Waals surface area (Å²) < 4.78 is 13.3. The average Bonchev–Trinajstić information content (AvgIpc) is 3.11. The Bertz CT molecular complexity index is 721. The number of carbonyl (C=O) groups is 1. The lowest BCUT2D eigenvalue weighted by Crippen LogP contribution is -2.21. The number of hydrogen-bond acceptors (Lipinski definition) is 5. The third-order valence-electron chi connectivity index (χ3n) is 4.59. The molecular formula is C19H26N2O5. The van der Waals surface area contributed by atoms with Gasteiger partial charge >= 0.3 is 0 Å². The van der Waals surface area contributed by atoms with Gasteiger partial charge < -0.3 is 24.3 Å². The molecule has 0 saturated heterocycles. The molecule has 1 aliphatic rings. The first-order chi connectivity index (χ1) is 12.5. The molecule has 0 bridgehead atoms. The molecule has 26 heavy (non-hydrogen) atoms. The van der Waals surface area contributed by atoms with Crippen molar-refractivity contribution < 1.29 is 24.5 Å². The molecule has 3 rings (SSSR count). The normalized spacial score (nSPS) is 19.2. The van der Waals surface area contributed by atoms with Crippen LogP contribution in [-0.4, -0.2) is 46.6 Å². The molecule has 1 aromatic heterocycles. The molecule has 2 aromatic rings. The van der Waals surface area contributed by atoms with Crippen LogP contribution in [0.3, 0.4) is 0 Å². The minimum Gasteiger partial charge on any atom is -0.493 e. The second kappa shape index (κ2) is 9.24. The van der Waals surface area contributed by atoms with E-state index in [9.17, 15) is 5.11 Å². The molecule has 0 spiro atoms. The fraction of sp³-hybridized carbons (Fsp3) is 0.474. The summed E-state index contributed by atoms with van der Waals surface area (Å²) in [6, 6.07) is 4.41. The van der Waals surface area contributed by atoms with E-state index in [-0.39, 0.29) is 12.6 Å². The number of ether oxygens (including phenoxy) is 2. The number of aliphatic hydroxyl groups is 1. The summed E-state index contributed by atoms with van der Waals surface area (Å²) in [6.45, 7) is 1.79. The summed E-state index contributed by atoms with van der Waals surface area (Å²) in [5, 5.41) is 16.6. The molecular weight excluding hydrogens is 336 g/mol. The highest BCUT2D eigenvalue weighted by Crippen LogP contribution is 2.40. The zero-order valence-corrected chi connectivity index (χ0v) is 15.4. The van der Waals surface area contributed by atoms with Gasteiger partial charge in [-0.15, -0.1) is 0 Å². The Morgan fingerprint density at radius 2 is 1.85 bits per heavy atom. The van der Waals surface area contributed by atoms with Gasteiger partial charge in [0.25, 0.3) is 6.47 Å². The molecule has 2 N–H and O–H groups in total. The number of methoxy groups -OCH3 is 2. The lowest BCUT2D eigenvalue weighted by atomic mass is 9.92. The first kappa shape index (κ1) is 19.8. The van der Waals surface area contributed by atoms with E-state index in [0.29, 0.717) is 11.8 Å². The van der Waals surface area contributed by atoms with Crippen LogP contribution in [0.2, 0.25) is 0 Å². The summed E-state index contributed by atoms with van der Waals surface area (Å²) in [6.07, 6.45) is 7.31. The second-order valence-corrected chi connectivity index (χ2v) is 6.27. The van der Waals surface area contributed by atoms with Crippen molar-refractivity contribution in [1.82, 2.24) is 9.55 Å². The van der Waals surface area contributed by atoms with Crippen LogP contribution in [0.1, 0.15) is 37.3 Å². The van der Waals surface area contributed by atoms with E-state index in [4.69, 9.17) is 19.4 Å². The zero-order chi connectivity index (χ0) is 19.1. The second-order valence-electron chi connectivity index (χ2n) is 6.27. The maximum Gasteiger partial charge on any atom is 0.290 e. The highest BCUT2D eigenvalue weighted by molar-refractivity contribution is 5.70. The highest BCUT2D eigenvalue weighted by atomic mass is 16.5. The van der Waals surface area contributed by atoms with Crippen LogP contribution in [0.25, 0.3) is 11.4 Å². The van der Waals surface area contributed by atoms with Gasteiger partial charge in [-0.2, -0.15) is 0 Å². The monoisotopic (exact) mass is 362 g/mol. The van der Waals surface area contributed by atoms with Crippen molar-refractivity contribution in [2.45, 2.75) is 44.8 Å². The lowest BCUT2D eigenvalue weighted by molar-refractivity contribution is -0.122. The Balaban J connectivity index is 0.000000758. The minimum absolute atomic E-state index is 0.160. The number of aliphatic hydroxyl groups excluding tert-OH is 1. The molecule has 0 radical (unpaired) electrons. The molecule has 7 nitrogen and oxygen atoms in total. The first-order valence-corrected chi connectivity index (χ1v) is 8.57. The topological polar surface area (TPSA) is 93.8 Å². The fourth-order valence-corrected chi connectivity index (χ4v) is 3.42. The lowest BCUT2D eigenvalue weighted by Gasteiger charge is -2.28. The molecule has 7 heteroatoms. The number of aromatic nitrogens is 2. The van der Waals surface area contributed by atoms with Crippen molar-refractivity contribution in [1.29, 1.82) is 0 Å². The van der Waals surface area contributed by atoms with Crippen molar-refractivity contribution >= 4 is 6.47 Å². The van der Waals surface area contributed by atoms with Crippen LogP contribution in [0.15, 0.2) is 24.5 Å². The molecule has 142 valence electrons.